The van der Waals surface area contributed by atoms with Crippen LogP contribution in [0, 0.1) is 0 Å². The fourth-order valence-electron chi connectivity index (χ4n) is 5.57. The van der Waals surface area contributed by atoms with Crippen molar-refractivity contribution in [1.82, 2.24) is 15.1 Å². The molecule has 2 unspecified atom stereocenters. The second kappa shape index (κ2) is 14.9. The second-order valence-electron chi connectivity index (χ2n) is 10.4. The van der Waals surface area contributed by atoms with Gasteiger partial charge in [0.2, 0.25) is 12.3 Å². The zero-order valence-corrected chi connectivity index (χ0v) is 26.4. The molecule has 44 heavy (non-hydrogen) atoms. The number of ether oxygens (including phenoxy) is 4. The lowest BCUT2D eigenvalue weighted by Gasteiger charge is -2.36. The Morgan fingerprint density at radius 3 is 2.55 bits per heavy atom. The summed E-state index contributed by atoms with van der Waals surface area (Å²) in [5.74, 6) is 0.326. The van der Waals surface area contributed by atoms with E-state index in [4.69, 9.17) is 46.6 Å². The normalized spacial score (nSPS) is 19.1. The van der Waals surface area contributed by atoms with Crippen LogP contribution in [0.15, 0.2) is 69.7 Å². The van der Waals surface area contributed by atoms with Crippen LogP contribution in [0.25, 0.3) is 0 Å². The first-order chi connectivity index (χ1) is 21.4. The summed E-state index contributed by atoms with van der Waals surface area (Å²) in [6.45, 7) is 8.82. The summed E-state index contributed by atoms with van der Waals surface area (Å²) in [5.41, 5.74) is 2.94. The molecule has 0 spiro atoms. The van der Waals surface area contributed by atoms with Crippen molar-refractivity contribution in [3.8, 4) is 5.75 Å². The van der Waals surface area contributed by atoms with Crippen LogP contribution < -0.4 is 9.64 Å². The molecule has 2 aromatic carbocycles. The monoisotopic (exact) mass is 643 g/mol. The SMILES string of the molecule is COc1ccccc1N1CCN(CCOCCOC(=O)OC2=C(C)N=C(C)C(c3nnco3)C2c2cccc(Cl)c2Cl)CC1. The Hall–Kier alpha value is -3.64. The summed E-state index contributed by atoms with van der Waals surface area (Å²) >= 11 is 13.0. The molecule has 0 aliphatic carbocycles. The minimum atomic E-state index is -0.877. The van der Waals surface area contributed by atoms with Crippen LogP contribution in [0.3, 0.4) is 0 Å². The molecule has 1 aromatic heterocycles. The molecule has 0 N–H and O–H groups in total. The number of aromatic nitrogens is 2. The van der Waals surface area contributed by atoms with Crippen LogP contribution in [-0.2, 0) is 14.2 Å². The molecule has 2 aliphatic heterocycles. The van der Waals surface area contributed by atoms with Gasteiger partial charge in [-0.15, -0.1) is 10.2 Å². The highest BCUT2D eigenvalue weighted by Crippen LogP contribution is 2.47. The van der Waals surface area contributed by atoms with Gasteiger partial charge in [0, 0.05) is 38.4 Å². The number of hydrogen-bond donors (Lipinski definition) is 0. The van der Waals surface area contributed by atoms with Crippen molar-refractivity contribution in [2.45, 2.75) is 25.7 Å². The number of piperazine rings is 1. The molecule has 3 heterocycles. The van der Waals surface area contributed by atoms with Gasteiger partial charge in [-0.05, 0) is 37.6 Å². The smallest absolute Gasteiger partial charge is 0.495 e. The van der Waals surface area contributed by atoms with Crippen LogP contribution in [0.1, 0.15) is 37.1 Å². The van der Waals surface area contributed by atoms with Gasteiger partial charge in [-0.2, -0.15) is 0 Å². The van der Waals surface area contributed by atoms with Crippen molar-refractivity contribution in [3.05, 3.63) is 81.8 Å². The Morgan fingerprint density at radius 1 is 1.00 bits per heavy atom. The minimum Gasteiger partial charge on any atom is -0.495 e. The highest BCUT2D eigenvalue weighted by molar-refractivity contribution is 6.42. The van der Waals surface area contributed by atoms with Gasteiger partial charge in [0.05, 0.1) is 53.6 Å². The molecule has 5 rings (SSSR count). The predicted molar refractivity (Wildman–Crippen MR) is 167 cm³/mol. The minimum absolute atomic E-state index is 0.0325. The van der Waals surface area contributed by atoms with Crippen molar-refractivity contribution in [1.29, 1.82) is 0 Å². The summed E-state index contributed by atoms with van der Waals surface area (Å²) < 4.78 is 27.9. The van der Waals surface area contributed by atoms with Crippen LogP contribution in [0.5, 0.6) is 5.75 Å². The summed E-state index contributed by atoms with van der Waals surface area (Å²) in [6, 6.07) is 13.3. The molecule has 0 saturated carbocycles. The topological polar surface area (TPSA) is 112 Å². The molecule has 2 atom stereocenters. The quantitative estimate of drug-likeness (QED) is 0.183. The third-order valence-corrected chi connectivity index (χ3v) is 8.55. The molecule has 234 valence electrons. The van der Waals surface area contributed by atoms with E-state index in [1.807, 2.05) is 31.2 Å². The average Bonchev–Trinajstić information content (AvgIpc) is 3.56. The summed E-state index contributed by atoms with van der Waals surface area (Å²) in [6.07, 6.45) is 0.360. The number of carbonyl (C=O) groups excluding carboxylic acids is 1. The van der Waals surface area contributed by atoms with E-state index < -0.39 is 18.0 Å². The van der Waals surface area contributed by atoms with E-state index in [1.54, 1.807) is 26.2 Å². The lowest BCUT2D eigenvalue weighted by atomic mass is 9.79. The van der Waals surface area contributed by atoms with Crippen LogP contribution >= 0.6 is 23.2 Å². The molecular weight excluding hydrogens is 609 g/mol. The molecule has 1 saturated heterocycles. The Morgan fingerprint density at radius 2 is 1.80 bits per heavy atom. The van der Waals surface area contributed by atoms with E-state index in [0.717, 1.165) is 44.2 Å². The highest BCUT2D eigenvalue weighted by atomic mass is 35.5. The molecular formula is C31H35Cl2N5O6. The zero-order chi connectivity index (χ0) is 31.1. The van der Waals surface area contributed by atoms with E-state index in [0.29, 0.717) is 39.5 Å². The van der Waals surface area contributed by atoms with Crippen molar-refractivity contribution < 1.29 is 28.2 Å². The molecule has 13 heteroatoms. The van der Waals surface area contributed by atoms with Crippen molar-refractivity contribution in [2.24, 2.45) is 4.99 Å². The van der Waals surface area contributed by atoms with Crippen molar-refractivity contribution in [2.75, 3.05) is 64.6 Å². The van der Waals surface area contributed by atoms with E-state index in [1.165, 1.54) is 6.39 Å². The zero-order valence-electron chi connectivity index (χ0n) is 24.9. The molecule has 0 amide bonds. The lowest BCUT2D eigenvalue weighted by molar-refractivity contribution is 0.0314. The molecule has 0 radical (unpaired) electrons. The number of carbonyl (C=O) groups is 1. The number of anilines is 1. The number of benzene rings is 2. The van der Waals surface area contributed by atoms with Gasteiger partial charge in [-0.3, -0.25) is 9.89 Å². The third-order valence-electron chi connectivity index (χ3n) is 7.72. The van der Waals surface area contributed by atoms with E-state index in [2.05, 4.69) is 31.1 Å². The van der Waals surface area contributed by atoms with Gasteiger partial charge in [0.25, 0.3) is 0 Å². The van der Waals surface area contributed by atoms with Gasteiger partial charge in [-0.25, -0.2) is 4.79 Å². The molecule has 11 nitrogen and oxygen atoms in total. The van der Waals surface area contributed by atoms with Gasteiger partial charge in [0.1, 0.15) is 18.1 Å². The van der Waals surface area contributed by atoms with Gasteiger partial charge >= 0.3 is 6.16 Å². The average molecular weight is 645 g/mol. The summed E-state index contributed by atoms with van der Waals surface area (Å²) in [7, 11) is 1.70. The molecule has 2 aliphatic rings. The predicted octanol–water partition coefficient (Wildman–Crippen LogP) is 5.95. The van der Waals surface area contributed by atoms with Crippen molar-refractivity contribution >= 4 is 40.8 Å². The number of allylic oxidation sites excluding steroid dienone is 2. The fraction of sp³-hybridized carbons (Fsp3) is 0.419. The Bertz CT molecular complexity index is 1490. The first-order valence-electron chi connectivity index (χ1n) is 14.4. The number of methoxy groups -OCH3 is 1. The Labute approximate surface area is 266 Å². The van der Waals surface area contributed by atoms with Gasteiger partial charge in [0.15, 0.2) is 0 Å². The number of para-hydroxylation sites is 2. The fourth-order valence-corrected chi connectivity index (χ4v) is 5.99. The van der Waals surface area contributed by atoms with E-state index in [-0.39, 0.29) is 19.0 Å². The summed E-state index contributed by atoms with van der Waals surface area (Å²) in [5, 5.41) is 8.61. The number of aliphatic imine (C=N–C) groups is 1. The molecule has 3 aromatic rings. The third kappa shape index (κ3) is 7.35. The van der Waals surface area contributed by atoms with Crippen molar-refractivity contribution in [3.63, 3.8) is 0 Å². The Balaban J connectivity index is 1.11. The first-order valence-corrected chi connectivity index (χ1v) is 15.1. The first kappa shape index (κ1) is 31.8. The maximum absolute atomic E-state index is 12.8. The van der Waals surface area contributed by atoms with Crippen LogP contribution in [0.4, 0.5) is 10.5 Å². The van der Waals surface area contributed by atoms with Crippen LogP contribution in [0.2, 0.25) is 10.0 Å². The maximum Gasteiger partial charge on any atom is 0.513 e. The number of halogens is 2. The number of hydrogen-bond acceptors (Lipinski definition) is 11. The standard InChI is InChI=1S/C31H35Cl2N5O6/c1-20-26(30-36-34-19-43-30)27(22-7-6-8-23(32)28(22)33)29(21(2)35-20)44-31(39)42-18-17-41-16-15-37-11-13-38(14-12-37)24-9-4-5-10-25(24)40-3/h4-10,19,26-27H,11-18H2,1-3H3. The second-order valence-corrected chi connectivity index (χ2v) is 11.2. The lowest BCUT2D eigenvalue weighted by Crippen LogP contribution is -2.47. The van der Waals surface area contributed by atoms with Gasteiger partial charge < -0.3 is 28.3 Å². The maximum atomic E-state index is 12.8. The number of rotatable bonds is 11. The largest absolute Gasteiger partial charge is 0.513 e. The van der Waals surface area contributed by atoms with E-state index >= 15 is 0 Å². The highest BCUT2D eigenvalue weighted by Gasteiger charge is 2.41. The number of nitrogens with zero attached hydrogens (tertiary/aromatic N) is 5. The molecule has 0 bridgehead atoms. The Kier molecular flexibility index (Phi) is 10.8. The molecule has 1 fully saturated rings. The van der Waals surface area contributed by atoms with Gasteiger partial charge in [-0.1, -0.05) is 47.5 Å². The summed E-state index contributed by atoms with van der Waals surface area (Å²) in [4.78, 5) is 22.1. The van der Waals surface area contributed by atoms with E-state index in [9.17, 15) is 4.79 Å². The van der Waals surface area contributed by atoms with Crippen LogP contribution in [-0.4, -0.2) is 86.6 Å².